The van der Waals surface area contributed by atoms with E-state index in [9.17, 15) is 9.46 Å². The standard InChI is InChI=1S/C31H65N2O4P/c1-5-9-13-16-20-30(19-12-8-4)29-37-38(34,35)36-28-27-32-25-21-31(22-26-32)33(23-17-14-10-6-2)24-18-15-11-7-3/h30-31H,5-29H2,1-4H3,(H,34,35). The number of hydrogen-bond acceptors (Lipinski definition) is 5. The Balaban J connectivity index is 2.36. The van der Waals surface area contributed by atoms with E-state index in [0.717, 1.165) is 38.8 Å². The second-order valence-electron chi connectivity index (χ2n) is 11.7. The smallest absolute Gasteiger partial charge is 0.302 e. The highest BCUT2D eigenvalue weighted by Crippen LogP contribution is 2.44. The van der Waals surface area contributed by atoms with Crippen molar-refractivity contribution in [1.29, 1.82) is 0 Å². The Hall–Kier alpha value is 0.0300. The van der Waals surface area contributed by atoms with Gasteiger partial charge >= 0.3 is 7.82 Å². The molecule has 0 aliphatic carbocycles. The summed E-state index contributed by atoms with van der Waals surface area (Å²) in [7, 11) is -3.99. The first-order valence-electron chi connectivity index (χ1n) is 16.5. The second kappa shape index (κ2) is 23.7. The largest absolute Gasteiger partial charge is 0.472 e. The lowest BCUT2D eigenvalue weighted by molar-refractivity contribution is 0.0825. The van der Waals surface area contributed by atoms with Crippen LogP contribution in [0.4, 0.5) is 0 Å². The third-order valence-electron chi connectivity index (χ3n) is 8.24. The predicted molar refractivity (Wildman–Crippen MR) is 163 cm³/mol. The summed E-state index contributed by atoms with van der Waals surface area (Å²) < 4.78 is 23.4. The summed E-state index contributed by atoms with van der Waals surface area (Å²) in [6, 6.07) is 0.681. The molecule has 0 amide bonds. The maximum absolute atomic E-state index is 12.5. The fraction of sp³-hybridized carbons (Fsp3) is 1.00. The fourth-order valence-electron chi connectivity index (χ4n) is 5.65. The van der Waals surface area contributed by atoms with Crippen LogP contribution in [-0.4, -0.2) is 66.7 Å². The van der Waals surface area contributed by atoms with Gasteiger partial charge in [-0.3, -0.25) is 9.05 Å². The maximum Gasteiger partial charge on any atom is 0.472 e. The molecule has 228 valence electrons. The molecule has 0 saturated carbocycles. The van der Waals surface area contributed by atoms with Crippen LogP contribution in [0.5, 0.6) is 0 Å². The van der Waals surface area contributed by atoms with E-state index in [4.69, 9.17) is 9.05 Å². The SMILES string of the molecule is CCCCCCC(CCCC)COP(=O)(O)OCCN1CCC(N(CCCCCC)CCCCCC)CC1. The van der Waals surface area contributed by atoms with E-state index in [0.29, 0.717) is 25.1 Å². The molecular weight excluding hydrogens is 495 g/mol. The summed E-state index contributed by atoms with van der Waals surface area (Å²) >= 11 is 0. The Bertz CT molecular complexity index is 560. The Labute approximate surface area is 237 Å². The maximum atomic E-state index is 12.5. The minimum absolute atomic E-state index is 0.256. The van der Waals surface area contributed by atoms with Crippen molar-refractivity contribution in [2.75, 3.05) is 45.9 Å². The molecule has 1 saturated heterocycles. The molecule has 1 rings (SSSR count). The molecule has 1 aliphatic heterocycles. The van der Waals surface area contributed by atoms with Crippen LogP contribution in [0, 0.1) is 5.92 Å². The summed E-state index contributed by atoms with van der Waals surface area (Å²) in [6.07, 6.45) is 22.3. The molecule has 2 unspecified atom stereocenters. The van der Waals surface area contributed by atoms with Crippen molar-refractivity contribution in [3.8, 4) is 0 Å². The molecule has 7 heteroatoms. The molecule has 1 fully saturated rings. The molecule has 0 aromatic heterocycles. The lowest BCUT2D eigenvalue weighted by Crippen LogP contribution is -2.46. The molecule has 2 atom stereocenters. The summed E-state index contributed by atoms with van der Waals surface area (Å²) in [6.45, 7) is 14.8. The van der Waals surface area contributed by atoms with Gasteiger partial charge in [0.2, 0.25) is 0 Å². The van der Waals surface area contributed by atoms with Gasteiger partial charge in [0.1, 0.15) is 0 Å². The van der Waals surface area contributed by atoms with Crippen LogP contribution in [0.3, 0.4) is 0 Å². The topological polar surface area (TPSA) is 62.2 Å². The highest BCUT2D eigenvalue weighted by molar-refractivity contribution is 7.47. The Morgan fingerprint density at radius 1 is 0.763 bits per heavy atom. The van der Waals surface area contributed by atoms with Gasteiger partial charge in [-0.1, -0.05) is 105 Å². The van der Waals surface area contributed by atoms with Crippen molar-refractivity contribution < 1.29 is 18.5 Å². The number of piperidine rings is 1. The van der Waals surface area contributed by atoms with Crippen LogP contribution in [0.25, 0.3) is 0 Å². The van der Waals surface area contributed by atoms with Crippen LogP contribution >= 0.6 is 7.82 Å². The minimum Gasteiger partial charge on any atom is -0.302 e. The highest BCUT2D eigenvalue weighted by Gasteiger charge is 2.26. The van der Waals surface area contributed by atoms with Crippen LogP contribution in [0.2, 0.25) is 0 Å². The van der Waals surface area contributed by atoms with E-state index in [1.54, 1.807) is 0 Å². The van der Waals surface area contributed by atoms with Crippen molar-refractivity contribution in [2.45, 2.75) is 149 Å². The van der Waals surface area contributed by atoms with Crippen molar-refractivity contribution in [2.24, 2.45) is 5.92 Å². The zero-order valence-corrected chi connectivity index (χ0v) is 26.7. The monoisotopic (exact) mass is 560 g/mol. The van der Waals surface area contributed by atoms with Gasteiger partial charge in [-0.25, -0.2) is 4.57 Å². The van der Waals surface area contributed by atoms with Gasteiger partial charge in [-0.05, 0) is 70.6 Å². The van der Waals surface area contributed by atoms with Crippen molar-refractivity contribution in [3.05, 3.63) is 0 Å². The third-order valence-corrected chi connectivity index (χ3v) is 9.22. The first kappa shape index (κ1) is 36.1. The van der Waals surface area contributed by atoms with Crippen LogP contribution in [-0.2, 0) is 13.6 Å². The van der Waals surface area contributed by atoms with E-state index in [2.05, 4.69) is 37.5 Å². The van der Waals surface area contributed by atoms with E-state index in [-0.39, 0.29) is 6.61 Å². The second-order valence-corrected chi connectivity index (χ2v) is 13.1. The number of likely N-dealkylation sites (tertiary alicyclic amines) is 1. The van der Waals surface area contributed by atoms with Crippen molar-refractivity contribution in [1.82, 2.24) is 9.80 Å². The highest BCUT2D eigenvalue weighted by atomic mass is 31.2. The molecule has 38 heavy (non-hydrogen) atoms. The third kappa shape index (κ3) is 18.4. The van der Waals surface area contributed by atoms with Gasteiger partial charge in [0, 0.05) is 12.6 Å². The van der Waals surface area contributed by atoms with E-state index in [1.807, 2.05) is 0 Å². The Morgan fingerprint density at radius 3 is 1.84 bits per heavy atom. The molecule has 0 bridgehead atoms. The number of rotatable bonds is 26. The molecule has 0 spiro atoms. The molecule has 0 aromatic carbocycles. The molecule has 6 nitrogen and oxygen atoms in total. The van der Waals surface area contributed by atoms with E-state index < -0.39 is 7.82 Å². The minimum atomic E-state index is -3.99. The van der Waals surface area contributed by atoms with Gasteiger partial charge in [0.05, 0.1) is 13.2 Å². The first-order chi connectivity index (χ1) is 18.5. The lowest BCUT2D eigenvalue weighted by atomic mass is 9.96. The van der Waals surface area contributed by atoms with E-state index in [1.165, 1.54) is 103 Å². The summed E-state index contributed by atoms with van der Waals surface area (Å²) in [5.41, 5.74) is 0. The zero-order chi connectivity index (χ0) is 27.9. The molecule has 1 N–H and O–H groups in total. The molecule has 1 aliphatic rings. The average Bonchev–Trinajstić information content (AvgIpc) is 2.91. The molecular formula is C31H65N2O4P. The Kier molecular flexibility index (Phi) is 22.5. The van der Waals surface area contributed by atoms with Gasteiger partial charge < -0.3 is 14.7 Å². The predicted octanol–water partition coefficient (Wildman–Crippen LogP) is 8.82. The molecule has 0 radical (unpaired) electrons. The fourth-order valence-corrected chi connectivity index (χ4v) is 6.44. The normalized spacial score (nSPS) is 17.7. The van der Waals surface area contributed by atoms with Gasteiger partial charge in [-0.2, -0.15) is 0 Å². The number of phosphoric ester groups is 1. The quantitative estimate of drug-likeness (QED) is 0.0842. The van der Waals surface area contributed by atoms with Gasteiger partial charge in [0.25, 0.3) is 0 Å². The summed E-state index contributed by atoms with van der Waals surface area (Å²) in [5, 5.41) is 0. The average molecular weight is 561 g/mol. The van der Waals surface area contributed by atoms with Crippen molar-refractivity contribution in [3.63, 3.8) is 0 Å². The lowest BCUT2D eigenvalue weighted by Gasteiger charge is -2.38. The summed E-state index contributed by atoms with van der Waals surface area (Å²) in [4.78, 5) is 15.4. The van der Waals surface area contributed by atoms with Crippen molar-refractivity contribution >= 4 is 7.82 Å². The number of hydrogen-bond donors (Lipinski definition) is 1. The van der Waals surface area contributed by atoms with Gasteiger partial charge in [-0.15, -0.1) is 0 Å². The zero-order valence-electron chi connectivity index (χ0n) is 25.8. The first-order valence-corrected chi connectivity index (χ1v) is 18.0. The molecule has 0 aromatic rings. The summed E-state index contributed by atoms with van der Waals surface area (Å²) in [5.74, 6) is 0.349. The van der Waals surface area contributed by atoms with Gasteiger partial charge in [0.15, 0.2) is 0 Å². The number of phosphoric acid groups is 1. The van der Waals surface area contributed by atoms with Crippen LogP contribution in [0.15, 0.2) is 0 Å². The number of unbranched alkanes of at least 4 members (excludes halogenated alkanes) is 10. The molecule has 1 heterocycles. The van der Waals surface area contributed by atoms with Crippen LogP contribution in [0.1, 0.15) is 143 Å². The Morgan fingerprint density at radius 2 is 1.29 bits per heavy atom. The van der Waals surface area contributed by atoms with E-state index >= 15 is 0 Å². The van der Waals surface area contributed by atoms with Crippen LogP contribution < -0.4 is 0 Å². The number of nitrogens with zero attached hydrogens (tertiary/aromatic N) is 2.